The zero-order valence-corrected chi connectivity index (χ0v) is 11.5. The Balaban J connectivity index is 1.82. The summed E-state index contributed by atoms with van der Waals surface area (Å²) >= 11 is 0. The summed E-state index contributed by atoms with van der Waals surface area (Å²) in [5.74, 6) is -1.71. The van der Waals surface area contributed by atoms with Crippen LogP contribution in [0.3, 0.4) is 0 Å². The van der Waals surface area contributed by atoms with Crippen molar-refractivity contribution in [1.29, 1.82) is 0 Å². The van der Waals surface area contributed by atoms with E-state index in [0.717, 1.165) is 32.0 Å². The van der Waals surface area contributed by atoms with E-state index in [-0.39, 0.29) is 16.9 Å². The van der Waals surface area contributed by atoms with Crippen molar-refractivity contribution in [2.24, 2.45) is 5.41 Å². The first-order chi connectivity index (χ1) is 9.51. The molecule has 5 heteroatoms. The maximum absolute atomic E-state index is 13.8. The minimum Gasteiger partial charge on any atom is -0.338 e. The van der Waals surface area contributed by atoms with Crippen molar-refractivity contribution in [2.75, 3.05) is 26.2 Å². The van der Waals surface area contributed by atoms with Crippen LogP contribution in [0.15, 0.2) is 12.1 Å². The van der Waals surface area contributed by atoms with Crippen molar-refractivity contribution in [1.82, 2.24) is 10.2 Å². The van der Waals surface area contributed by atoms with Gasteiger partial charge in [-0.3, -0.25) is 4.79 Å². The van der Waals surface area contributed by atoms with Crippen LogP contribution < -0.4 is 5.32 Å². The van der Waals surface area contributed by atoms with Crippen molar-refractivity contribution in [3.63, 3.8) is 0 Å². The highest BCUT2D eigenvalue weighted by molar-refractivity contribution is 5.95. The second-order valence-electron chi connectivity index (χ2n) is 5.98. The van der Waals surface area contributed by atoms with E-state index in [1.807, 2.05) is 0 Å². The largest absolute Gasteiger partial charge is 0.338 e. The Labute approximate surface area is 117 Å². The number of hydrogen-bond acceptors (Lipinski definition) is 2. The van der Waals surface area contributed by atoms with Gasteiger partial charge < -0.3 is 10.2 Å². The number of carbonyl (C=O) groups excluding carboxylic acids is 1. The molecule has 1 amide bonds. The van der Waals surface area contributed by atoms with E-state index in [2.05, 4.69) is 5.32 Å². The number of likely N-dealkylation sites (tertiary alicyclic amines) is 1. The third-order valence-corrected chi connectivity index (χ3v) is 4.54. The fourth-order valence-corrected chi connectivity index (χ4v) is 3.24. The van der Waals surface area contributed by atoms with Crippen molar-refractivity contribution in [2.45, 2.75) is 19.8 Å². The molecule has 2 heterocycles. The number of benzene rings is 1. The van der Waals surface area contributed by atoms with Crippen LogP contribution in [0.5, 0.6) is 0 Å². The fourth-order valence-electron chi connectivity index (χ4n) is 3.24. The Morgan fingerprint density at radius 3 is 2.80 bits per heavy atom. The van der Waals surface area contributed by atoms with Gasteiger partial charge in [0.1, 0.15) is 11.6 Å². The molecular weight excluding hydrogens is 262 g/mol. The Hall–Kier alpha value is -1.49. The van der Waals surface area contributed by atoms with Crippen LogP contribution in [0.2, 0.25) is 0 Å². The molecule has 1 aromatic carbocycles. The molecule has 0 radical (unpaired) electrons. The highest BCUT2D eigenvalue weighted by Gasteiger charge is 2.42. The fraction of sp³-hybridized carbons (Fsp3) is 0.533. The maximum atomic E-state index is 13.8. The van der Waals surface area contributed by atoms with Gasteiger partial charge in [-0.2, -0.15) is 0 Å². The molecule has 2 aliphatic heterocycles. The topological polar surface area (TPSA) is 32.3 Å². The van der Waals surface area contributed by atoms with Crippen LogP contribution in [0, 0.1) is 24.0 Å². The van der Waals surface area contributed by atoms with Gasteiger partial charge in [0.05, 0.1) is 5.56 Å². The number of halogens is 2. The number of rotatable bonds is 1. The lowest BCUT2D eigenvalue weighted by Gasteiger charge is -2.23. The molecule has 2 saturated heterocycles. The Kier molecular flexibility index (Phi) is 3.24. The summed E-state index contributed by atoms with van der Waals surface area (Å²) in [5.41, 5.74) is 0.430. The minimum atomic E-state index is -0.774. The van der Waals surface area contributed by atoms with Crippen LogP contribution in [0.4, 0.5) is 8.78 Å². The van der Waals surface area contributed by atoms with Crippen molar-refractivity contribution in [3.8, 4) is 0 Å². The van der Waals surface area contributed by atoms with E-state index in [1.165, 1.54) is 13.0 Å². The molecule has 1 aromatic rings. The zero-order valence-electron chi connectivity index (χ0n) is 11.5. The molecule has 3 nitrogen and oxygen atoms in total. The monoisotopic (exact) mass is 280 g/mol. The van der Waals surface area contributed by atoms with Crippen molar-refractivity contribution >= 4 is 5.91 Å². The standard InChI is InChI=1S/C15H18F2N2O/c1-10-6-11(13(17)7-12(10)16)14(20)19-5-3-15(9-19)2-4-18-8-15/h6-7,18H,2-5,8-9H2,1H3. The molecule has 0 aliphatic carbocycles. The lowest BCUT2D eigenvalue weighted by Crippen LogP contribution is -2.33. The predicted octanol–water partition coefficient (Wildman–Crippen LogP) is 2.10. The molecular formula is C15H18F2N2O. The molecule has 1 N–H and O–H groups in total. The van der Waals surface area contributed by atoms with Crippen molar-refractivity contribution < 1.29 is 13.6 Å². The third kappa shape index (κ3) is 2.20. The number of nitrogens with zero attached hydrogens (tertiary/aromatic N) is 1. The first-order valence-electron chi connectivity index (χ1n) is 6.96. The van der Waals surface area contributed by atoms with E-state index in [0.29, 0.717) is 18.7 Å². The summed E-state index contributed by atoms with van der Waals surface area (Å²) < 4.78 is 27.1. The third-order valence-electron chi connectivity index (χ3n) is 4.54. The maximum Gasteiger partial charge on any atom is 0.256 e. The summed E-state index contributed by atoms with van der Waals surface area (Å²) in [5, 5.41) is 3.32. The van der Waals surface area contributed by atoms with Crippen LogP contribution in [0.1, 0.15) is 28.8 Å². The second-order valence-corrected chi connectivity index (χ2v) is 5.98. The van der Waals surface area contributed by atoms with Gasteiger partial charge in [-0.1, -0.05) is 0 Å². The highest BCUT2D eigenvalue weighted by atomic mass is 19.1. The van der Waals surface area contributed by atoms with Crippen LogP contribution in [0.25, 0.3) is 0 Å². The number of nitrogens with one attached hydrogen (secondary N) is 1. The average molecular weight is 280 g/mol. The molecule has 1 atom stereocenters. The zero-order chi connectivity index (χ0) is 14.3. The first kappa shape index (κ1) is 13.5. The normalized spacial score (nSPS) is 25.6. The van der Waals surface area contributed by atoms with Crippen LogP contribution in [-0.2, 0) is 0 Å². The summed E-state index contributed by atoms with van der Waals surface area (Å²) in [6.07, 6.45) is 2.01. The average Bonchev–Trinajstić information content (AvgIpc) is 3.04. The summed E-state index contributed by atoms with van der Waals surface area (Å²) in [7, 11) is 0. The number of amides is 1. The van der Waals surface area contributed by atoms with Gasteiger partial charge in [0.25, 0.3) is 5.91 Å². The van der Waals surface area contributed by atoms with Gasteiger partial charge in [0, 0.05) is 31.1 Å². The van der Waals surface area contributed by atoms with Gasteiger partial charge in [-0.25, -0.2) is 8.78 Å². The lowest BCUT2D eigenvalue weighted by molar-refractivity contribution is 0.0771. The quantitative estimate of drug-likeness (QED) is 0.854. The van der Waals surface area contributed by atoms with Gasteiger partial charge in [-0.05, 0) is 37.9 Å². The van der Waals surface area contributed by atoms with E-state index < -0.39 is 11.6 Å². The molecule has 0 aromatic heterocycles. The van der Waals surface area contributed by atoms with Gasteiger partial charge in [-0.15, -0.1) is 0 Å². The Bertz CT molecular complexity index is 553. The molecule has 0 saturated carbocycles. The summed E-state index contributed by atoms with van der Waals surface area (Å²) in [4.78, 5) is 14.1. The van der Waals surface area contributed by atoms with Crippen molar-refractivity contribution in [3.05, 3.63) is 34.9 Å². The lowest BCUT2D eigenvalue weighted by atomic mass is 9.86. The smallest absolute Gasteiger partial charge is 0.256 e. The van der Waals surface area contributed by atoms with E-state index in [1.54, 1.807) is 4.90 Å². The van der Waals surface area contributed by atoms with E-state index in [9.17, 15) is 13.6 Å². The number of carbonyl (C=O) groups is 1. The molecule has 2 fully saturated rings. The van der Waals surface area contributed by atoms with E-state index >= 15 is 0 Å². The van der Waals surface area contributed by atoms with Crippen LogP contribution in [-0.4, -0.2) is 37.0 Å². The molecule has 1 unspecified atom stereocenters. The molecule has 1 spiro atoms. The number of hydrogen-bond donors (Lipinski definition) is 1. The summed E-state index contributed by atoms with van der Waals surface area (Å²) in [6, 6.07) is 2.11. The predicted molar refractivity (Wildman–Crippen MR) is 71.5 cm³/mol. The molecule has 2 aliphatic rings. The van der Waals surface area contributed by atoms with Gasteiger partial charge >= 0.3 is 0 Å². The SMILES string of the molecule is Cc1cc(C(=O)N2CCC3(CCNC3)C2)c(F)cc1F. The molecule has 20 heavy (non-hydrogen) atoms. The molecule has 0 bridgehead atoms. The summed E-state index contributed by atoms with van der Waals surface area (Å²) in [6.45, 7) is 4.75. The number of aryl methyl sites for hydroxylation is 1. The molecule has 3 rings (SSSR count). The Morgan fingerprint density at radius 1 is 1.30 bits per heavy atom. The van der Waals surface area contributed by atoms with Gasteiger partial charge in [0.15, 0.2) is 0 Å². The first-order valence-corrected chi connectivity index (χ1v) is 6.96. The van der Waals surface area contributed by atoms with Crippen LogP contribution >= 0.6 is 0 Å². The highest BCUT2D eigenvalue weighted by Crippen LogP contribution is 2.36. The minimum absolute atomic E-state index is 0.0214. The second kappa shape index (κ2) is 4.81. The van der Waals surface area contributed by atoms with Gasteiger partial charge in [0.2, 0.25) is 0 Å². The van der Waals surface area contributed by atoms with E-state index in [4.69, 9.17) is 0 Å². The Morgan fingerprint density at radius 2 is 2.10 bits per heavy atom. The molecule has 108 valence electrons.